The number of hydrogen-bond donors (Lipinski definition) is 0. The molecule has 1 aliphatic heterocycles. The Balaban J connectivity index is 1.61. The first-order valence-electron chi connectivity index (χ1n) is 10.6. The van der Waals surface area contributed by atoms with Crippen LogP contribution in [0.3, 0.4) is 0 Å². The van der Waals surface area contributed by atoms with Crippen LogP contribution >= 0.6 is 0 Å². The van der Waals surface area contributed by atoms with Crippen molar-refractivity contribution in [3.8, 4) is 0 Å². The SMILES string of the molecule is COCC1CCN(C(=O)Cc2c3c(n(Cc4ccccc4)c2C)CCCC3=O)C1. The second kappa shape index (κ2) is 8.54. The molecule has 154 valence electrons. The molecule has 5 heteroatoms. The lowest BCUT2D eigenvalue weighted by Gasteiger charge is -2.18. The van der Waals surface area contributed by atoms with E-state index < -0.39 is 0 Å². The van der Waals surface area contributed by atoms with Gasteiger partial charge < -0.3 is 14.2 Å². The number of amides is 1. The number of methoxy groups -OCH3 is 1. The van der Waals surface area contributed by atoms with E-state index in [-0.39, 0.29) is 11.7 Å². The standard InChI is InChI=1S/C24H30N2O3/c1-17-20(13-23(28)25-12-11-19(14-25)16-29-2)24-21(9-6-10-22(24)27)26(17)15-18-7-4-3-5-8-18/h3-5,7-8,19H,6,9-16H2,1-2H3. The van der Waals surface area contributed by atoms with E-state index in [1.54, 1.807) is 7.11 Å². The minimum absolute atomic E-state index is 0.129. The number of carbonyl (C=O) groups excluding carboxylic acids is 2. The van der Waals surface area contributed by atoms with Gasteiger partial charge in [0, 0.05) is 56.0 Å². The van der Waals surface area contributed by atoms with Crippen molar-refractivity contribution in [1.29, 1.82) is 0 Å². The predicted molar refractivity (Wildman–Crippen MR) is 112 cm³/mol. The maximum absolute atomic E-state index is 13.0. The predicted octanol–water partition coefficient (Wildman–Crippen LogP) is 3.40. The zero-order chi connectivity index (χ0) is 20.4. The Hall–Kier alpha value is -2.40. The van der Waals surface area contributed by atoms with Crippen LogP contribution in [0.2, 0.25) is 0 Å². The molecule has 0 N–H and O–H groups in total. The van der Waals surface area contributed by atoms with Crippen LogP contribution in [0.1, 0.15) is 52.1 Å². The number of benzene rings is 1. The minimum atomic E-state index is 0.129. The van der Waals surface area contributed by atoms with Crippen LogP contribution in [0.5, 0.6) is 0 Å². The average Bonchev–Trinajstić information content (AvgIpc) is 3.29. The molecule has 1 aliphatic carbocycles. The van der Waals surface area contributed by atoms with Crippen molar-refractivity contribution >= 4 is 11.7 Å². The maximum atomic E-state index is 13.0. The molecule has 1 unspecified atom stereocenters. The third kappa shape index (κ3) is 4.01. The lowest BCUT2D eigenvalue weighted by Crippen LogP contribution is -2.31. The van der Waals surface area contributed by atoms with Crippen LogP contribution < -0.4 is 0 Å². The van der Waals surface area contributed by atoms with Crippen molar-refractivity contribution in [3.63, 3.8) is 0 Å². The van der Waals surface area contributed by atoms with Gasteiger partial charge in [-0.3, -0.25) is 9.59 Å². The lowest BCUT2D eigenvalue weighted by atomic mass is 9.92. The number of aromatic nitrogens is 1. The molecule has 2 heterocycles. The zero-order valence-electron chi connectivity index (χ0n) is 17.4. The molecule has 1 atom stereocenters. The number of likely N-dealkylation sites (tertiary alicyclic amines) is 1. The van der Waals surface area contributed by atoms with Gasteiger partial charge in [-0.1, -0.05) is 30.3 Å². The lowest BCUT2D eigenvalue weighted by molar-refractivity contribution is -0.129. The number of fused-ring (bicyclic) bond motifs is 1. The molecular formula is C24H30N2O3. The second-order valence-corrected chi connectivity index (χ2v) is 8.36. The van der Waals surface area contributed by atoms with Gasteiger partial charge in [-0.25, -0.2) is 0 Å². The van der Waals surface area contributed by atoms with Gasteiger partial charge in [-0.15, -0.1) is 0 Å². The highest BCUT2D eigenvalue weighted by atomic mass is 16.5. The first-order valence-corrected chi connectivity index (χ1v) is 10.6. The van der Waals surface area contributed by atoms with Crippen LogP contribution in [-0.4, -0.2) is 48.0 Å². The molecule has 0 spiro atoms. The van der Waals surface area contributed by atoms with Gasteiger partial charge in [-0.05, 0) is 37.3 Å². The van der Waals surface area contributed by atoms with Gasteiger partial charge in [0.15, 0.2) is 5.78 Å². The summed E-state index contributed by atoms with van der Waals surface area (Å²) in [5, 5.41) is 0. The van der Waals surface area contributed by atoms with E-state index in [0.29, 0.717) is 25.4 Å². The number of Topliss-reactive ketones (excluding diaryl/α,β-unsaturated/α-hetero) is 1. The Morgan fingerprint density at radius 3 is 2.76 bits per heavy atom. The topological polar surface area (TPSA) is 51.5 Å². The Labute approximate surface area is 172 Å². The molecule has 2 aromatic rings. The Bertz CT molecular complexity index is 901. The monoisotopic (exact) mass is 394 g/mol. The zero-order valence-corrected chi connectivity index (χ0v) is 17.4. The molecule has 1 saturated heterocycles. The Kier molecular flexibility index (Phi) is 5.86. The first-order chi connectivity index (χ1) is 14.1. The molecule has 0 bridgehead atoms. The van der Waals surface area contributed by atoms with Crippen molar-refractivity contribution in [2.75, 3.05) is 26.8 Å². The van der Waals surface area contributed by atoms with E-state index in [0.717, 1.165) is 61.4 Å². The van der Waals surface area contributed by atoms with Crippen molar-refractivity contribution in [3.05, 3.63) is 58.4 Å². The van der Waals surface area contributed by atoms with Gasteiger partial charge in [0.1, 0.15) is 0 Å². The third-order valence-electron chi connectivity index (χ3n) is 6.41. The molecule has 0 saturated carbocycles. The Morgan fingerprint density at radius 1 is 1.21 bits per heavy atom. The number of nitrogens with zero attached hydrogens (tertiary/aromatic N) is 2. The summed E-state index contributed by atoms with van der Waals surface area (Å²) >= 11 is 0. The summed E-state index contributed by atoms with van der Waals surface area (Å²) in [5.74, 6) is 0.746. The highest BCUT2D eigenvalue weighted by Crippen LogP contribution is 2.32. The van der Waals surface area contributed by atoms with Crippen molar-refractivity contribution in [2.45, 2.75) is 45.6 Å². The van der Waals surface area contributed by atoms with Crippen LogP contribution in [-0.2, 0) is 28.9 Å². The normalized spacial score (nSPS) is 18.9. The summed E-state index contributed by atoms with van der Waals surface area (Å²) in [6, 6.07) is 10.3. The average molecular weight is 395 g/mol. The fraction of sp³-hybridized carbons (Fsp3) is 0.500. The van der Waals surface area contributed by atoms with Crippen molar-refractivity contribution in [2.24, 2.45) is 5.92 Å². The fourth-order valence-corrected chi connectivity index (χ4v) is 4.88. The number of rotatable bonds is 6. The summed E-state index contributed by atoms with van der Waals surface area (Å²) in [7, 11) is 1.71. The summed E-state index contributed by atoms with van der Waals surface area (Å²) in [4.78, 5) is 27.8. The molecular weight excluding hydrogens is 364 g/mol. The number of ketones is 1. The van der Waals surface area contributed by atoms with Gasteiger partial charge in [0.05, 0.1) is 13.0 Å². The molecule has 1 fully saturated rings. The highest BCUT2D eigenvalue weighted by Gasteiger charge is 2.32. The third-order valence-corrected chi connectivity index (χ3v) is 6.41. The number of carbonyl (C=O) groups is 2. The van der Waals surface area contributed by atoms with E-state index in [2.05, 4.69) is 23.6 Å². The van der Waals surface area contributed by atoms with E-state index in [9.17, 15) is 9.59 Å². The maximum Gasteiger partial charge on any atom is 0.227 e. The van der Waals surface area contributed by atoms with E-state index in [1.807, 2.05) is 23.1 Å². The van der Waals surface area contributed by atoms with Crippen LogP contribution in [0.25, 0.3) is 0 Å². The molecule has 2 aliphatic rings. The van der Waals surface area contributed by atoms with Gasteiger partial charge in [0.2, 0.25) is 5.91 Å². The number of hydrogen-bond acceptors (Lipinski definition) is 3. The molecule has 1 aromatic heterocycles. The van der Waals surface area contributed by atoms with Crippen LogP contribution in [0, 0.1) is 12.8 Å². The molecule has 1 aromatic carbocycles. The molecule has 5 nitrogen and oxygen atoms in total. The van der Waals surface area contributed by atoms with E-state index in [1.165, 1.54) is 5.56 Å². The van der Waals surface area contributed by atoms with Crippen LogP contribution in [0.15, 0.2) is 30.3 Å². The Morgan fingerprint density at radius 2 is 2.00 bits per heavy atom. The number of ether oxygens (including phenoxy) is 1. The summed E-state index contributed by atoms with van der Waals surface area (Å²) in [5.41, 5.74) is 5.16. The second-order valence-electron chi connectivity index (χ2n) is 8.36. The quantitative estimate of drug-likeness (QED) is 0.755. The van der Waals surface area contributed by atoms with Crippen molar-refractivity contribution in [1.82, 2.24) is 9.47 Å². The summed E-state index contributed by atoms with van der Waals surface area (Å²) < 4.78 is 7.52. The highest BCUT2D eigenvalue weighted by molar-refractivity contribution is 6.01. The summed E-state index contributed by atoms with van der Waals surface area (Å²) in [6.07, 6.45) is 3.69. The van der Waals surface area contributed by atoms with Gasteiger partial charge >= 0.3 is 0 Å². The summed E-state index contributed by atoms with van der Waals surface area (Å²) in [6.45, 7) is 5.05. The first kappa shape index (κ1) is 19.9. The molecule has 4 rings (SSSR count). The van der Waals surface area contributed by atoms with Gasteiger partial charge in [0.25, 0.3) is 0 Å². The van der Waals surface area contributed by atoms with Crippen molar-refractivity contribution < 1.29 is 14.3 Å². The van der Waals surface area contributed by atoms with Crippen LogP contribution in [0.4, 0.5) is 0 Å². The largest absolute Gasteiger partial charge is 0.384 e. The molecule has 0 radical (unpaired) electrons. The molecule has 1 amide bonds. The van der Waals surface area contributed by atoms with E-state index in [4.69, 9.17) is 4.74 Å². The minimum Gasteiger partial charge on any atom is -0.384 e. The molecule has 29 heavy (non-hydrogen) atoms. The van der Waals surface area contributed by atoms with E-state index >= 15 is 0 Å². The fourth-order valence-electron chi connectivity index (χ4n) is 4.88. The van der Waals surface area contributed by atoms with Gasteiger partial charge in [-0.2, -0.15) is 0 Å². The smallest absolute Gasteiger partial charge is 0.227 e.